The van der Waals surface area contributed by atoms with Gasteiger partial charge in [0, 0.05) is 18.7 Å². The minimum absolute atomic E-state index is 0.190. The molecule has 0 radical (unpaired) electrons. The molecule has 0 saturated carbocycles. The summed E-state index contributed by atoms with van der Waals surface area (Å²) in [7, 11) is 0. The average Bonchev–Trinajstić information content (AvgIpc) is 3.01. The van der Waals surface area contributed by atoms with E-state index in [0.717, 1.165) is 54.3 Å². The molecule has 1 saturated heterocycles. The summed E-state index contributed by atoms with van der Waals surface area (Å²) >= 11 is 0. The van der Waals surface area contributed by atoms with Crippen molar-refractivity contribution in [2.75, 3.05) is 13.1 Å². The van der Waals surface area contributed by atoms with Crippen LogP contribution in [0, 0.1) is 12.8 Å². The molecule has 4 nitrogen and oxygen atoms in total. The van der Waals surface area contributed by atoms with E-state index in [1.165, 1.54) is 5.56 Å². The quantitative estimate of drug-likeness (QED) is 0.710. The van der Waals surface area contributed by atoms with E-state index in [1.54, 1.807) is 0 Å². The number of hydrogen-bond acceptors (Lipinski definition) is 2. The maximum Gasteiger partial charge on any atom is 0.242 e. The summed E-state index contributed by atoms with van der Waals surface area (Å²) in [6.45, 7) is 6.44. The summed E-state index contributed by atoms with van der Waals surface area (Å²) in [5, 5.41) is 0. The van der Waals surface area contributed by atoms with Crippen molar-refractivity contribution >= 4 is 16.9 Å². The fourth-order valence-corrected chi connectivity index (χ4v) is 3.76. The van der Waals surface area contributed by atoms with Crippen LogP contribution in [0.1, 0.15) is 25.3 Å². The third-order valence-electron chi connectivity index (χ3n) is 5.47. The highest BCUT2D eigenvalue weighted by Gasteiger charge is 2.23. The number of likely N-dealkylation sites (tertiary alicyclic amines) is 1. The fraction of sp³-hybridized carbons (Fsp3) is 0.364. The molecule has 134 valence electrons. The molecule has 4 heteroatoms. The Labute approximate surface area is 154 Å². The van der Waals surface area contributed by atoms with Crippen LogP contribution in [0.15, 0.2) is 48.5 Å². The van der Waals surface area contributed by atoms with Crippen LogP contribution in [-0.4, -0.2) is 33.4 Å². The lowest BCUT2D eigenvalue weighted by molar-refractivity contribution is -0.133. The number of rotatable bonds is 3. The summed E-state index contributed by atoms with van der Waals surface area (Å²) in [5.74, 6) is 1.79. The molecule has 0 unspecified atom stereocenters. The van der Waals surface area contributed by atoms with Gasteiger partial charge in [0.05, 0.1) is 11.0 Å². The first-order chi connectivity index (χ1) is 12.6. The van der Waals surface area contributed by atoms with Gasteiger partial charge in [-0.3, -0.25) is 4.79 Å². The molecule has 0 bridgehead atoms. The molecule has 26 heavy (non-hydrogen) atoms. The molecule has 0 atom stereocenters. The number of hydrogen-bond donors (Lipinski definition) is 0. The first-order valence-corrected chi connectivity index (χ1v) is 9.42. The van der Waals surface area contributed by atoms with E-state index in [2.05, 4.69) is 36.6 Å². The van der Waals surface area contributed by atoms with E-state index in [1.807, 2.05) is 35.2 Å². The Morgan fingerprint density at radius 3 is 2.54 bits per heavy atom. The lowest BCUT2D eigenvalue weighted by atomic mass is 9.99. The largest absolute Gasteiger partial charge is 0.341 e. The highest BCUT2D eigenvalue weighted by Crippen LogP contribution is 2.27. The van der Waals surface area contributed by atoms with Gasteiger partial charge in [-0.1, -0.05) is 43.3 Å². The van der Waals surface area contributed by atoms with Gasteiger partial charge in [-0.25, -0.2) is 4.98 Å². The van der Waals surface area contributed by atoms with Gasteiger partial charge in [0.2, 0.25) is 5.91 Å². The zero-order valence-electron chi connectivity index (χ0n) is 15.5. The molecule has 2 heterocycles. The van der Waals surface area contributed by atoms with Crippen LogP contribution < -0.4 is 0 Å². The number of carbonyl (C=O) groups excluding carboxylic acids is 1. The summed E-state index contributed by atoms with van der Waals surface area (Å²) < 4.78 is 2.08. The third kappa shape index (κ3) is 3.12. The molecular weight excluding hydrogens is 322 g/mol. The third-order valence-corrected chi connectivity index (χ3v) is 5.47. The number of benzene rings is 2. The predicted molar refractivity (Wildman–Crippen MR) is 105 cm³/mol. The number of para-hydroxylation sites is 2. The van der Waals surface area contributed by atoms with Crippen LogP contribution in [-0.2, 0) is 11.3 Å². The van der Waals surface area contributed by atoms with Crippen molar-refractivity contribution in [3.63, 3.8) is 0 Å². The molecule has 0 spiro atoms. The Bertz CT molecular complexity index is 935. The monoisotopic (exact) mass is 347 g/mol. The minimum atomic E-state index is 0.190. The number of aromatic nitrogens is 2. The zero-order chi connectivity index (χ0) is 18.1. The first-order valence-electron chi connectivity index (χ1n) is 9.42. The summed E-state index contributed by atoms with van der Waals surface area (Å²) in [5.41, 5.74) is 4.21. The molecule has 0 aliphatic carbocycles. The van der Waals surface area contributed by atoms with Gasteiger partial charge in [-0.15, -0.1) is 0 Å². The molecule has 3 aromatic rings. The standard InChI is InChI=1S/C22H25N3O/c1-16-11-13-24(14-12-16)21(26)15-25-20-10-6-5-9-19(20)23-22(25)18-8-4-3-7-17(18)2/h3-10,16H,11-15H2,1-2H3. The average molecular weight is 347 g/mol. The Balaban J connectivity index is 1.72. The van der Waals surface area contributed by atoms with Crippen LogP contribution in [0.4, 0.5) is 0 Å². The number of amides is 1. The Kier molecular flexibility index (Phi) is 4.49. The van der Waals surface area contributed by atoms with Gasteiger partial charge < -0.3 is 9.47 Å². The molecule has 1 amide bonds. The molecule has 1 aliphatic rings. The number of piperidine rings is 1. The Morgan fingerprint density at radius 2 is 1.77 bits per heavy atom. The van der Waals surface area contributed by atoms with Gasteiger partial charge in [0.25, 0.3) is 0 Å². The highest BCUT2D eigenvalue weighted by molar-refractivity contribution is 5.85. The summed E-state index contributed by atoms with van der Waals surface area (Å²) in [6.07, 6.45) is 2.20. The Hall–Kier alpha value is -2.62. The van der Waals surface area contributed by atoms with Gasteiger partial charge in [0.1, 0.15) is 12.4 Å². The predicted octanol–water partition coefficient (Wildman–Crippen LogP) is 4.27. The normalized spacial score (nSPS) is 15.5. The molecular formula is C22H25N3O. The van der Waals surface area contributed by atoms with Crippen LogP contribution in [0.5, 0.6) is 0 Å². The van der Waals surface area contributed by atoms with Crippen LogP contribution >= 0.6 is 0 Å². The van der Waals surface area contributed by atoms with Crippen molar-refractivity contribution in [1.29, 1.82) is 0 Å². The van der Waals surface area contributed by atoms with E-state index in [4.69, 9.17) is 4.98 Å². The molecule has 1 aromatic heterocycles. The zero-order valence-corrected chi connectivity index (χ0v) is 15.5. The van der Waals surface area contributed by atoms with Crippen molar-refractivity contribution in [2.24, 2.45) is 5.92 Å². The highest BCUT2D eigenvalue weighted by atomic mass is 16.2. The summed E-state index contributed by atoms with van der Waals surface area (Å²) in [4.78, 5) is 19.8. The van der Waals surface area contributed by atoms with Crippen molar-refractivity contribution in [3.05, 3.63) is 54.1 Å². The molecule has 0 N–H and O–H groups in total. The van der Waals surface area contributed by atoms with E-state index in [0.29, 0.717) is 6.54 Å². The summed E-state index contributed by atoms with van der Waals surface area (Å²) in [6, 6.07) is 16.3. The maximum atomic E-state index is 13.0. The second-order valence-electron chi connectivity index (χ2n) is 7.39. The molecule has 2 aromatic carbocycles. The van der Waals surface area contributed by atoms with Crippen LogP contribution in [0.25, 0.3) is 22.4 Å². The van der Waals surface area contributed by atoms with Crippen LogP contribution in [0.3, 0.4) is 0 Å². The van der Waals surface area contributed by atoms with E-state index in [9.17, 15) is 4.79 Å². The van der Waals surface area contributed by atoms with Gasteiger partial charge >= 0.3 is 0 Å². The van der Waals surface area contributed by atoms with E-state index >= 15 is 0 Å². The Morgan fingerprint density at radius 1 is 1.08 bits per heavy atom. The second-order valence-corrected chi connectivity index (χ2v) is 7.39. The van der Waals surface area contributed by atoms with Gasteiger partial charge in [-0.2, -0.15) is 0 Å². The van der Waals surface area contributed by atoms with Gasteiger partial charge in [-0.05, 0) is 43.4 Å². The lowest BCUT2D eigenvalue weighted by Crippen LogP contribution is -2.39. The number of imidazole rings is 1. The van der Waals surface area contributed by atoms with Crippen molar-refractivity contribution in [2.45, 2.75) is 33.2 Å². The maximum absolute atomic E-state index is 13.0. The fourth-order valence-electron chi connectivity index (χ4n) is 3.76. The minimum Gasteiger partial charge on any atom is -0.341 e. The lowest BCUT2D eigenvalue weighted by Gasteiger charge is -2.30. The number of fused-ring (bicyclic) bond motifs is 1. The topological polar surface area (TPSA) is 38.1 Å². The first kappa shape index (κ1) is 16.8. The smallest absolute Gasteiger partial charge is 0.242 e. The molecule has 1 fully saturated rings. The number of nitrogens with zero attached hydrogens (tertiary/aromatic N) is 3. The van der Waals surface area contributed by atoms with E-state index < -0.39 is 0 Å². The van der Waals surface area contributed by atoms with Crippen molar-refractivity contribution in [3.8, 4) is 11.4 Å². The van der Waals surface area contributed by atoms with E-state index in [-0.39, 0.29) is 5.91 Å². The molecule has 1 aliphatic heterocycles. The number of carbonyl (C=O) groups is 1. The van der Waals surface area contributed by atoms with Crippen LogP contribution in [0.2, 0.25) is 0 Å². The second kappa shape index (κ2) is 6.94. The van der Waals surface area contributed by atoms with Crippen molar-refractivity contribution in [1.82, 2.24) is 14.5 Å². The van der Waals surface area contributed by atoms with Crippen molar-refractivity contribution < 1.29 is 4.79 Å². The number of aryl methyl sites for hydroxylation is 1. The van der Waals surface area contributed by atoms with Gasteiger partial charge in [0.15, 0.2) is 0 Å². The molecule has 4 rings (SSSR count). The SMILES string of the molecule is Cc1ccccc1-c1nc2ccccc2n1CC(=O)N1CCC(C)CC1.